The van der Waals surface area contributed by atoms with Crippen LogP contribution in [0.2, 0.25) is 0 Å². The molecule has 1 N–H and O–H groups in total. The highest BCUT2D eigenvalue weighted by molar-refractivity contribution is 5.67. The molecule has 0 aliphatic heterocycles. The van der Waals surface area contributed by atoms with Crippen LogP contribution < -0.4 is 5.32 Å². The summed E-state index contributed by atoms with van der Waals surface area (Å²) < 4.78 is 4.88. The van der Waals surface area contributed by atoms with Crippen LogP contribution in [0.5, 0.6) is 0 Å². The molecule has 3 nitrogen and oxygen atoms in total. The summed E-state index contributed by atoms with van der Waals surface area (Å²) in [5.74, 6) is 1.20. The van der Waals surface area contributed by atoms with Gasteiger partial charge in [-0.05, 0) is 38.0 Å². The van der Waals surface area contributed by atoms with Gasteiger partial charge in [0.1, 0.15) is 0 Å². The van der Waals surface area contributed by atoms with Crippen LogP contribution in [0.25, 0.3) is 0 Å². The number of hydrogen-bond donors (Lipinski definition) is 1. The van der Waals surface area contributed by atoms with Crippen LogP contribution in [-0.2, 0) is 4.74 Å². The third-order valence-corrected chi connectivity index (χ3v) is 3.15. The monoisotopic (exact) mass is 195 g/mol. The number of ether oxygens (including phenoxy) is 1. The maximum atomic E-state index is 11.2. The molecule has 3 aliphatic carbocycles. The molecule has 1 fully saturated rings. The fourth-order valence-electron chi connectivity index (χ4n) is 2.42. The van der Waals surface area contributed by atoms with Crippen molar-refractivity contribution in [2.24, 2.45) is 11.8 Å². The van der Waals surface area contributed by atoms with E-state index in [1.165, 1.54) is 12.8 Å². The number of carbonyl (C=O) groups is 1. The predicted molar refractivity (Wildman–Crippen MR) is 53.9 cm³/mol. The molecule has 0 heterocycles. The molecule has 1 saturated carbocycles. The average molecular weight is 195 g/mol. The Bertz CT molecular complexity index is 250. The van der Waals surface area contributed by atoms with Gasteiger partial charge in [-0.15, -0.1) is 0 Å². The molecule has 0 spiro atoms. The Balaban J connectivity index is 1.88. The minimum Gasteiger partial charge on any atom is -0.450 e. The molecule has 0 aromatic rings. The second kappa shape index (κ2) is 4.03. The molecule has 2 bridgehead atoms. The van der Waals surface area contributed by atoms with Crippen molar-refractivity contribution in [2.75, 3.05) is 6.61 Å². The molecule has 3 aliphatic rings. The molecule has 3 atom stereocenters. The van der Waals surface area contributed by atoms with E-state index in [1.54, 1.807) is 0 Å². The van der Waals surface area contributed by atoms with E-state index in [0.717, 1.165) is 6.42 Å². The van der Waals surface area contributed by atoms with Gasteiger partial charge in [-0.2, -0.15) is 0 Å². The number of alkyl carbamates (subject to hydrolysis) is 1. The highest BCUT2D eigenvalue weighted by Crippen LogP contribution is 2.36. The third kappa shape index (κ3) is 1.91. The summed E-state index contributed by atoms with van der Waals surface area (Å²) in [6.45, 7) is 2.27. The van der Waals surface area contributed by atoms with Gasteiger partial charge in [0.25, 0.3) is 0 Å². The Hall–Kier alpha value is -0.990. The van der Waals surface area contributed by atoms with Crippen molar-refractivity contribution >= 4 is 6.09 Å². The highest BCUT2D eigenvalue weighted by atomic mass is 16.5. The van der Waals surface area contributed by atoms with Crippen LogP contribution in [0.3, 0.4) is 0 Å². The Kier molecular flexibility index (Phi) is 2.75. The molecule has 78 valence electrons. The van der Waals surface area contributed by atoms with Gasteiger partial charge in [-0.1, -0.05) is 12.2 Å². The van der Waals surface area contributed by atoms with Crippen LogP contribution in [0.15, 0.2) is 12.2 Å². The van der Waals surface area contributed by atoms with Gasteiger partial charge in [-0.3, -0.25) is 0 Å². The fourth-order valence-corrected chi connectivity index (χ4v) is 2.42. The zero-order chi connectivity index (χ0) is 9.97. The molecule has 0 unspecified atom stereocenters. The third-order valence-electron chi connectivity index (χ3n) is 3.15. The van der Waals surface area contributed by atoms with Crippen LogP contribution in [0.4, 0.5) is 4.79 Å². The minimum atomic E-state index is -0.265. The van der Waals surface area contributed by atoms with Crippen LogP contribution >= 0.6 is 0 Å². The van der Waals surface area contributed by atoms with E-state index in [4.69, 9.17) is 4.74 Å². The maximum Gasteiger partial charge on any atom is 0.407 e. The Morgan fingerprint density at radius 2 is 2.36 bits per heavy atom. The number of hydrogen-bond acceptors (Lipinski definition) is 2. The van der Waals surface area contributed by atoms with Gasteiger partial charge < -0.3 is 10.1 Å². The molecule has 0 saturated heterocycles. The summed E-state index contributed by atoms with van der Waals surface area (Å²) in [6.07, 6.45) is 7.84. The van der Waals surface area contributed by atoms with E-state index in [2.05, 4.69) is 17.5 Å². The number of fused-ring (bicyclic) bond motifs is 2. The second-order valence-electron chi connectivity index (χ2n) is 4.09. The van der Waals surface area contributed by atoms with Crippen molar-refractivity contribution in [3.63, 3.8) is 0 Å². The topological polar surface area (TPSA) is 38.3 Å². The normalized spacial score (nSPS) is 34.2. The first-order valence-corrected chi connectivity index (χ1v) is 5.41. The van der Waals surface area contributed by atoms with E-state index in [1.807, 2.05) is 6.92 Å². The lowest BCUT2D eigenvalue weighted by Gasteiger charge is -2.37. The largest absolute Gasteiger partial charge is 0.450 e. The van der Waals surface area contributed by atoms with Gasteiger partial charge in [0, 0.05) is 6.04 Å². The zero-order valence-corrected chi connectivity index (χ0v) is 8.53. The Morgan fingerprint density at radius 3 is 2.86 bits per heavy atom. The van der Waals surface area contributed by atoms with Gasteiger partial charge >= 0.3 is 6.09 Å². The summed E-state index contributed by atoms with van der Waals surface area (Å²) in [6, 6.07) is 0.304. The lowest BCUT2D eigenvalue weighted by Crippen LogP contribution is -2.45. The molecular formula is C11H17NO2. The number of nitrogens with one attached hydrogen (secondary N) is 1. The van der Waals surface area contributed by atoms with E-state index >= 15 is 0 Å². The average Bonchev–Trinajstić information content (AvgIpc) is 2.19. The van der Waals surface area contributed by atoms with E-state index in [0.29, 0.717) is 24.5 Å². The van der Waals surface area contributed by atoms with Crippen molar-refractivity contribution < 1.29 is 9.53 Å². The lowest BCUT2D eigenvalue weighted by atomic mass is 9.73. The molecular weight excluding hydrogens is 178 g/mol. The van der Waals surface area contributed by atoms with Crippen molar-refractivity contribution in [1.82, 2.24) is 5.32 Å². The predicted octanol–water partition coefficient (Wildman–Crippen LogP) is 2.09. The molecule has 1 amide bonds. The highest BCUT2D eigenvalue weighted by Gasteiger charge is 2.32. The summed E-state index contributed by atoms with van der Waals surface area (Å²) in [5, 5.41) is 2.94. The Labute approximate surface area is 84.5 Å². The van der Waals surface area contributed by atoms with Crippen molar-refractivity contribution in [2.45, 2.75) is 32.2 Å². The lowest BCUT2D eigenvalue weighted by molar-refractivity contribution is 0.137. The number of allylic oxidation sites excluding steroid dienone is 1. The number of amides is 1. The number of rotatable bonds is 2. The standard InChI is InChI=1S/C11H17NO2/c1-2-14-11(13)12-10-7-8-3-5-9(10)6-4-8/h3,5,8-10H,2,4,6-7H2,1H3,(H,12,13)/t8-,9+,10-/m1/s1. The van der Waals surface area contributed by atoms with Crippen molar-refractivity contribution in [3.05, 3.63) is 12.2 Å². The molecule has 14 heavy (non-hydrogen) atoms. The van der Waals surface area contributed by atoms with Gasteiger partial charge in [-0.25, -0.2) is 4.79 Å². The van der Waals surface area contributed by atoms with Gasteiger partial charge in [0.05, 0.1) is 6.61 Å². The van der Waals surface area contributed by atoms with E-state index in [9.17, 15) is 4.79 Å². The summed E-state index contributed by atoms with van der Waals surface area (Å²) >= 11 is 0. The fraction of sp³-hybridized carbons (Fsp3) is 0.727. The van der Waals surface area contributed by atoms with Crippen molar-refractivity contribution in [1.29, 1.82) is 0 Å². The molecule has 3 heteroatoms. The summed E-state index contributed by atoms with van der Waals surface area (Å²) in [5.41, 5.74) is 0. The quantitative estimate of drug-likeness (QED) is 0.685. The summed E-state index contributed by atoms with van der Waals surface area (Å²) in [4.78, 5) is 11.2. The Morgan fingerprint density at radius 1 is 1.50 bits per heavy atom. The maximum absolute atomic E-state index is 11.2. The molecule has 0 radical (unpaired) electrons. The van der Waals surface area contributed by atoms with Gasteiger partial charge in [0.2, 0.25) is 0 Å². The summed E-state index contributed by atoms with van der Waals surface area (Å²) in [7, 11) is 0. The van der Waals surface area contributed by atoms with Crippen LogP contribution in [0.1, 0.15) is 26.2 Å². The molecule has 3 rings (SSSR count). The van der Waals surface area contributed by atoms with Crippen LogP contribution in [0, 0.1) is 11.8 Å². The van der Waals surface area contributed by atoms with E-state index in [-0.39, 0.29) is 6.09 Å². The van der Waals surface area contributed by atoms with Crippen molar-refractivity contribution in [3.8, 4) is 0 Å². The first kappa shape index (κ1) is 9.56. The first-order valence-electron chi connectivity index (χ1n) is 5.41. The van der Waals surface area contributed by atoms with Gasteiger partial charge in [0.15, 0.2) is 0 Å². The molecule has 0 aromatic carbocycles. The molecule has 0 aromatic heterocycles. The van der Waals surface area contributed by atoms with Crippen LogP contribution in [-0.4, -0.2) is 18.7 Å². The van der Waals surface area contributed by atoms with E-state index < -0.39 is 0 Å². The first-order chi connectivity index (χ1) is 6.79. The second-order valence-corrected chi connectivity index (χ2v) is 4.09. The number of carbonyl (C=O) groups excluding carboxylic acids is 1. The smallest absolute Gasteiger partial charge is 0.407 e. The SMILES string of the molecule is CCOC(=O)N[C@@H]1C[C@@H]2C=C[C@H]1CC2. The zero-order valence-electron chi connectivity index (χ0n) is 8.53. The minimum absolute atomic E-state index is 0.265.